The maximum Gasteiger partial charge on any atom is 0.181 e. The van der Waals surface area contributed by atoms with E-state index in [1.54, 1.807) is 6.20 Å². The van der Waals surface area contributed by atoms with Crippen molar-refractivity contribution in [2.45, 2.75) is 51.5 Å². The zero-order chi connectivity index (χ0) is 18.1. The van der Waals surface area contributed by atoms with Gasteiger partial charge in [-0.15, -0.1) is 0 Å². The molecule has 1 saturated carbocycles. The van der Waals surface area contributed by atoms with Gasteiger partial charge in [-0.05, 0) is 61.8 Å². The van der Waals surface area contributed by atoms with Crippen LogP contribution in [0.1, 0.15) is 51.1 Å². The minimum absolute atomic E-state index is 0.333. The molecule has 3 aromatic rings. The number of nitrogens with zero attached hydrogens (tertiary/aromatic N) is 3. The molecule has 3 N–H and O–H groups in total. The number of nitrogens with two attached hydrogens (primary N) is 1. The molecule has 5 nitrogen and oxygen atoms in total. The van der Waals surface area contributed by atoms with E-state index in [1.165, 1.54) is 12.1 Å². The standard InChI is InChI=1S/C21H27N5/c1-13(2)11-15-12-14(8-9-17(15)22)18-6-3-7-19(24-18)20-16-5-4-10-23-21(16)26-25-20/h3-7,10,13-15,17H,8-9,11-12,22H2,1-2H3,(H,23,25,26)/t14?,15-,17+/m0/s1. The first-order chi connectivity index (χ1) is 12.6. The molecule has 26 heavy (non-hydrogen) atoms. The van der Waals surface area contributed by atoms with Gasteiger partial charge in [0.25, 0.3) is 0 Å². The number of pyridine rings is 2. The maximum atomic E-state index is 6.40. The van der Waals surface area contributed by atoms with Crippen molar-refractivity contribution in [1.29, 1.82) is 0 Å². The lowest BCUT2D eigenvalue weighted by Crippen LogP contribution is -2.36. The van der Waals surface area contributed by atoms with Crippen LogP contribution in [0.2, 0.25) is 0 Å². The Balaban J connectivity index is 1.61. The van der Waals surface area contributed by atoms with Gasteiger partial charge in [-0.1, -0.05) is 19.9 Å². The highest BCUT2D eigenvalue weighted by atomic mass is 15.2. The summed E-state index contributed by atoms with van der Waals surface area (Å²) in [6.45, 7) is 4.57. The van der Waals surface area contributed by atoms with E-state index in [-0.39, 0.29) is 0 Å². The predicted molar refractivity (Wildman–Crippen MR) is 105 cm³/mol. The van der Waals surface area contributed by atoms with Gasteiger partial charge in [-0.3, -0.25) is 10.1 Å². The maximum absolute atomic E-state index is 6.40. The summed E-state index contributed by atoms with van der Waals surface area (Å²) in [7, 11) is 0. The number of aromatic amines is 1. The Bertz CT molecular complexity index is 885. The van der Waals surface area contributed by atoms with Crippen molar-refractivity contribution in [3.8, 4) is 11.4 Å². The third-order valence-electron chi connectivity index (χ3n) is 5.59. The monoisotopic (exact) mass is 349 g/mol. The van der Waals surface area contributed by atoms with Gasteiger partial charge in [0.05, 0.1) is 11.4 Å². The zero-order valence-electron chi connectivity index (χ0n) is 15.5. The molecule has 0 bridgehead atoms. The average molecular weight is 349 g/mol. The van der Waals surface area contributed by atoms with Crippen molar-refractivity contribution in [3.63, 3.8) is 0 Å². The molecule has 5 heteroatoms. The molecule has 0 amide bonds. The van der Waals surface area contributed by atoms with E-state index in [0.717, 1.165) is 41.7 Å². The molecule has 3 atom stereocenters. The number of nitrogens with one attached hydrogen (secondary N) is 1. The molecule has 1 fully saturated rings. The fourth-order valence-corrected chi connectivity index (χ4v) is 4.30. The minimum Gasteiger partial charge on any atom is -0.327 e. The molecule has 3 aromatic heterocycles. The van der Waals surface area contributed by atoms with Crippen LogP contribution in [0.25, 0.3) is 22.4 Å². The Hall–Kier alpha value is -2.27. The summed E-state index contributed by atoms with van der Waals surface area (Å²) in [5, 5.41) is 8.42. The minimum atomic E-state index is 0.333. The molecule has 0 aromatic carbocycles. The van der Waals surface area contributed by atoms with Crippen LogP contribution in [-0.2, 0) is 0 Å². The Morgan fingerprint density at radius 1 is 1.19 bits per heavy atom. The molecule has 0 saturated heterocycles. The van der Waals surface area contributed by atoms with E-state index in [1.807, 2.05) is 18.2 Å². The smallest absolute Gasteiger partial charge is 0.181 e. The van der Waals surface area contributed by atoms with Crippen LogP contribution in [-0.4, -0.2) is 26.2 Å². The average Bonchev–Trinajstić information content (AvgIpc) is 3.07. The zero-order valence-corrected chi connectivity index (χ0v) is 15.5. The highest BCUT2D eigenvalue weighted by Gasteiger charge is 2.30. The van der Waals surface area contributed by atoms with Crippen molar-refractivity contribution >= 4 is 11.0 Å². The summed E-state index contributed by atoms with van der Waals surface area (Å²) in [6, 6.07) is 10.6. The van der Waals surface area contributed by atoms with Crippen molar-refractivity contribution < 1.29 is 0 Å². The Morgan fingerprint density at radius 2 is 2.08 bits per heavy atom. The molecular formula is C21H27N5. The first-order valence-corrected chi connectivity index (χ1v) is 9.64. The lowest BCUT2D eigenvalue weighted by Gasteiger charge is -2.35. The van der Waals surface area contributed by atoms with Crippen LogP contribution in [0.5, 0.6) is 0 Å². The predicted octanol–water partition coefficient (Wildman–Crippen LogP) is 4.28. The van der Waals surface area contributed by atoms with Crippen LogP contribution < -0.4 is 5.73 Å². The molecule has 3 heterocycles. The Kier molecular flexibility index (Phi) is 4.72. The summed E-state index contributed by atoms with van der Waals surface area (Å²) in [4.78, 5) is 9.29. The number of rotatable bonds is 4. The molecule has 4 rings (SSSR count). The molecule has 0 aliphatic heterocycles. The summed E-state index contributed by atoms with van der Waals surface area (Å²) in [5.41, 5.74) is 10.2. The fourth-order valence-electron chi connectivity index (χ4n) is 4.30. The van der Waals surface area contributed by atoms with Crippen LogP contribution in [0, 0.1) is 11.8 Å². The molecule has 136 valence electrons. The van der Waals surface area contributed by atoms with Crippen LogP contribution in [0.3, 0.4) is 0 Å². The lowest BCUT2D eigenvalue weighted by molar-refractivity contribution is 0.240. The van der Waals surface area contributed by atoms with Crippen molar-refractivity contribution in [3.05, 3.63) is 42.2 Å². The first kappa shape index (κ1) is 17.2. The number of hydrogen-bond donors (Lipinski definition) is 2. The third-order valence-corrected chi connectivity index (χ3v) is 5.59. The fraction of sp³-hybridized carbons (Fsp3) is 0.476. The SMILES string of the molecule is CC(C)C[C@H]1CC(c2cccc(-c3[nH]nc4ncccc34)n2)CC[C@H]1N. The number of fused-ring (bicyclic) bond motifs is 1. The second kappa shape index (κ2) is 7.16. The number of aromatic nitrogens is 4. The van der Waals surface area contributed by atoms with Gasteiger partial charge in [-0.2, -0.15) is 5.10 Å². The van der Waals surface area contributed by atoms with Gasteiger partial charge in [0.1, 0.15) is 0 Å². The van der Waals surface area contributed by atoms with Gasteiger partial charge in [0.2, 0.25) is 0 Å². The number of hydrogen-bond acceptors (Lipinski definition) is 4. The van der Waals surface area contributed by atoms with E-state index in [9.17, 15) is 0 Å². The summed E-state index contributed by atoms with van der Waals surface area (Å²) in [6.07, 6.45) is 6.31. The molecule has 1 aliphatic rings. The molecular weight excluding hydrogens is 322 g/mol. The van der Waals surface area contributed by atoms with E-state index in [4.69, 9.17) is 10.7 Å². The Labute approximate surface area is 154 Å². The normalized spacial score (nSPS) is 23.6. The van der Waals surface area contributed by atoms with E-state index < -0.39 is 0 Å². The summed E-state index contributed by atoms with van der Waals surface area (Å²) in [5.74, 6) is 1.77. The second-order valence-corrected chi connectivity index (χ2v) is 7.98. The number of H-pyrrole nitrogens is 1. The van der Waals surface area contributed by atoms with Crippen LogP contribution in [0.15, 0.2) is 36.5 Å². The van der Waals surface area contributed by atoms with Gasteiger partial charge in [0.15, 0.2) is 5.65 Å². The molecule has 0 radical (unpaired) electrons. The molecule has 1 unspecified atom stereocenters. The largest absolute Gasteiger partial charge is 0.327 e. The van der Waals surface area contributed by atoms with Crippen LogP contribution in [0.4, 0.5) is 0 Å². The summed E-state index contributed by atoms with van der Waals surface area (Å²) >= 11 is 0. The van der Waals surface area contributed by atoms with Crippen molar-refractivity contribution in [2.75, 3.05) is 0 Å². The lowest BCUT2D eigenvalue weighted by atomic mass is 9.74. The highest BCUT2D eigenvalue weighted by Crippen LogP contribution is 2.38. The van der Waals surface area contributed by atoms with Gasteiger partial charge < -0.3 is 5.73 Å². The Morgan fingerprint density at radius 3 is 2.92 bits per heavy atom. The molecule has 0 spiro atoms. The van der Waals surface area contributed by atoms with Crippen LogP contribution >= 0.6 is 0 Å². The quantitative estimate of drug-likeness (QED) is 0.737. The van der Waals surface area contributed by atoms with E-state index in [2.05, 4.69) is 41.2 Å². The topological polar surface area (TPSA) is 80.5 Å². The van der Waals surface area contributed by atoms with Crippen molar-refractivity contribution in [2.24, 2.45) is 17.6 Å². The highest BCUT2D eigenvalue weighted by molar-refractivity contribution is 5.89. The van der Waals surface area contributed by atoms with Gasteiger partial charge in [-0.25, -0.2) is 4.98 Å². The van der Waals surface area contributed by atoms with E-state index >= 15 is 0 Å². The first-order valence-electron chi connectivity index (χ1n) is 9.64. The van der Waals surface area contributed by atoms with E-state index in [0.29, 0.717) is 23.8 Å². The third kappa shape index (κ3) is 3.36. The van der Waals surface area contributed by atoms with Gasteiger partial charge in [0, 0.05) is 29.2 Å². The van der Waals surface area contributed by atoms with Gasteiger partial charge >= 0.3 is 0 Å². The second-order valence-electron chi connectivity index (χ2n) is 7.98. The van der Waals surface area contributed by atoms with Crippen molar-refractivity contribution in [1.82, 2.24) is 20.2 Å². The molecule has 1 aliphatic carbocycles. The summed E-state index contributed by atoms with van der Waals surface area (Å²) < 4.78 is 0.